The summed E-state index contributed by atoms with van der Waals surface area (Å²) in [6, 6.07) is 26.3. The van der Waals surface area contributed by atoms with Crippen molar-refractivity contribution >= 4 is 27.3 Å². The van der Waals surface area contributed by atoms with Gasteiger partial charge in [0.2, 0.25) is 0 Å². The van der Waals surface area contributed by atoms with Gasteiger partial charge in [0.1, 0.15) is 5.75 Å². The van der Waals surface area contributed by atoms with Gasteiger partial charge in [-0.2, -0.15) is 0 Å². The summed E-state index contributed by atoms with van der Waals surface area (Å²) in [5.41, 5.74) is 5.86. The molecule has 1 heterocycles. The van der Waals surface area contributed by atoms with E-state index in [-0.39, 0.29) is 5.78 Å². The van der Waals surface area contributed by atoms with Crippen molar-refractivity contribution in [3.63, 3.8) is 0 Å². The quantitative estimate of drug-likeness (QED) is 0.329. The average Bonchev–Trinajstić information content (AvgIpc) is 3.10. The number of aromatic nitrogens is 1. The minimum absolute atomic E-state index is 0.0571. The van der Waals surface area contributed by atoms with Gasteiger partial charge in [0.15, 0.2) is 5.78 Å². The number of methoxy groups -OCH3 is 1. The Morgan fingerprint density at radius 2 is 1.35 bits per heavy atom. The zero-order valence-corrected chi connectivity index (χ0v) is 17.3. The summed E-state index contributed by atoms with van der Waals surface area (Å²) in [5.74, 6) is 0.807. The van der Waals surface area contributed by atoms with Crippen molar-refractivity contribution in [3.05, 3.63) is 95.7 Å². The number of rotatable bonds is 2. The Balaban J connectivity index is 1.81. The first-order chi connectivity index (χ1) is 15.2. The maximum atomic E-state index is 13.4. The van der Waals surface area contributed by atoms with E-state index in [0.29, 0.717) is 5.56 Å². The summed E-state index contributed by atoms with van der Waals surface area (Å²) in [7, 11) is 1.68. The highest BCUT2D eigenvalue weighted by Crippen LogP contribution is 2.48. The van der Waals surface area contributed by atoms with Crippen LogP contribution in [0.2, 0.25) is 0 Å². The largest absolute Gasteiger partial charge is 0.496 e. The van der Waals surface area contributed by atoms with Gasteiger partial charge in [-0.3, -0.25) is 9.78 Å². The summed E-state index contributed by atoms with van der Waals surface area (Å²) < 4.78 is 5.78. The first-order valence-electron chi connectivity index (χ1n) is 10.3. The summed E-state index contributed by atoms with van der Waals surface area (Å²) >= 11 is 0. The van der Waals surface area contributed by atoms with Gasteiger partial charge in [0, 0.05) is 27.9 Å². The fraction of sp³-hybridized carbons (Fsp3) is 0.0714. The number of hydrogen-bond donors (Lipinski definition) is 0. The predicted octanol–water partition coefficient (Wildman–Crippen LogP) is 6.58. The molecule has 0 unspecified atom stereocenters. The molecule has 6 rings (SSSR count). The molecule has 3 heteroatoms. The molecule has 3 nitrogen and oxygen atoms in total. The lowest BCUT2D eigenvalue weighted by molar-refractivity contribution is 0.104. The molecule has 0 N–H and O–H groups in total. The fourth-order valence-corrected chi connectivity index (χ4v) is 4.83. The van der Waals surface area contributed by atoms with Crippen LogP contribution >= 0.6 is 0 Å². The van der Waals surface area contributed by atoms with E-state index in [1.807, 2.05) is 55.5 Å². The Morgan fingerprint density at radius 3 is 2.06 bits per heavy atom. The molecule has 0 saturated carbocycles. The van der Waals surface area contributed by atoms with E-state index in [1.54, 1.807) is 7.11 Å². The standard InChI is InChI=1S/C28H19NO2/c1-16-15-22-26(24-19-9-5-3-7-17(19)11-13-21(24)28(22)30)27(29-16)25-20-10-6-4-8-18(20)12-14-23(25)31-2/h3-15H,1-2H3. The molecular weight excluding hydrogens is 382 g/mol. The number of fused-ring (bicyclic) bond motifs is 6. The van der Waals surface area contributed by atoms with Crippen molar-refractivity contribution in [1.82, 2.24) is 4.98 Å². The third kappa shape index (κ3) is 2.47. The molecule has 0 saturated heterocycles. The number of benzene rings is 4. The molecule has 1 aliphatic rings. The lowest BCUT2D eigenvalue weighted by Gasteiger charge is -2.16. The Hall–Kier alpha value is -3.98. The SMILES string of the molecule is COc1ccc2ccccc2c1-c1nc(C)cc2c1-c1c(ccc3ccccc13)C2=O. The van der Waals surface area contributed by atoms with E-state index in [0.717, 1.165) is 60.9 Å². The first-order valence-corrected chi connectivity index (χ1v) is 10.3. The predicted molar refractivity (Wildman–Crippen MR) is 125 cm³/mol. The van der Waals surface area contributed by atoms with Crippen molar-refractivity contribution in [2.75, 3.05) is 7.11 Å². The third-order valence-electron chi connectivity index (χ3n) is 6.16. The van der Waals surface area contributed by atoms with Gasteiger partial charge in [0.05, 0.1) is 18.4 Å². The summed E-state index contributed by atoms with van der Waals surface area (Å²) in [6.45, 7) is 1.94. The van der Waals surface area contributed by atoms with Crippen LogP contribution in [0, 0.1) is 6.92 Å². The second-order valence-electron chi connectivity index (χ2n) is 7.94. The number of aryl methyl sites for hydroxylation is 1. The van der Waals surface area contributed by atoms with Crippen molar-refractivity contribution < 1.29 is 9.53 Å². The van der Waals surface area contributed by atoms with Crippen LogP contribution in [0.1, 0.15) is 21.6 Å². The van der Waals surface area contributed by atoms with E-state index < -0.39 is 0 Å². The van der Waals surface area contributed by atoms with Crippen LogP contribution in [0.15, 0.2) is 78.9 Å². The van der Waals surface area contributed by atoms with Crippen LogP contribution in [-0.4, -0.2) is 17.9 Å². The van der Waals surface area contributed by atoms with Gasteiger partial charge in [-0.25, -0.2) is 0 Å². The van der Waals surface area contributed by atoms with Gasteiger partial charge in [-0.15, -0.1) is 0 Å². The highest BCUT2D eigenvalue weighted by molar-refractivity contribution is 6.28. The van der Waals surface area contributed by atoms with Crippen LogP contribution in [0.3, 0.4) is 0 Å². The second kappa shape index (κ2) is 6.51. The molecule has 0 aliphatic heterocycles. The lowest BCUT2D eigenvalue weighted by Crippen LogP contribution is -2.00. The summed E-state index contributed by atoms with van der Waals surface area (Å²) in [5, 5.41) is 4.35. The van der Waals surface area contributed by atoms with Crippen LogP contribution in [-0.2, 0) is 0 Å². The number of ether oxygens (including phenoxy) is 1. The van der Waals surface area contributed by atoms with E-state index in [9.17, 15) is 4.79 Å². The Bertz CT molecular complexity index is 1550. The number of pyridine rings is 1. The highest BCUT2D eigenvalue weighted by Gasteiger charge is 2.33. The first kappa shape index (κ1) is 17.8. The highest BCUT2D eigenvalue weighted by atomic mass is 16.5. The topological polar surface area (TPSA) is 39.2 Å². The number of nitrogens with zero attached hydrogens (tertiary/aromatic N) is 1. The third-order valence-corrected chi connectivity index (χ3v) is 6.16. The molecule has 31 heavy (non-hydrogen) atoms. The normalized spacial score (nSPS) is 12.3. The molecule has 0 radical (unpaired) electrons. The Labute approximate surface area is 179 Å². The zero-order chi connectivity index (χ0) is 21.1. The maximum absolute atomic E-state index is 13.4. The molecule has 0 atom stereocenters. The molecule has 0 fully saturated rings. The van der Waals surface area contributed by atoms with E-state index in [4.69, 9.17) is 9.72 Å². The van der Waals surface area contributed by atoms with Gasteiger partial charge < -0.3 is 4.74 Å². The number of ketones is 1. The minimum Gasteiger partial charge on any atom is -0.496 e. The number of carbonyl (C=O) groups excluding carboxylic acids is 1. The molecule has 148 valence electrons. The second-order valence-corrected chi connectivity index (χ2v) is 7.94. The average molecular weight is 401 g/mol. The van der Waals surface area contributed by atoms with Crippen molar-refractivity contribution in [2.24, 2.45) is 0 Å². The van der Waals surface area contributed by atoms with Crippen molar-refractivity contribution in [2.45, 2.75) is 6.92 Å². The van der Waals surface area contributed by atoms with Crippen LogP contribution in [0.25, 0.3) is 43.9 Å². The molecule has 0 bridgehead atoms. The minimum atomic E-state index is 0.0571. The molecule has 0 spiro atoms. The monoisotopic (exact) mass is 401 g/mol. The van der Waals surface area contributed by atoms with Crippen molar-refractivity contribution in [1.29, 1.82) is 0 Å². The molecule has 4 aromatic carbocycles. The molecule has 1 aromatic heterocycles. The van der Waals surface area contributed by atoms with Crippen LogP contribution < -0.4 is 4.74 Å². The van der Waals surface area contributed by atoms with Crippen LogP contribution in [0.4, 0.5) is 0 Å². The fourth-order valence-electron chi connectivity index (χ4n) is 4.83. The lowest BCUT2D eigenvalue weighted by atomic mass is 9.92. The van der Waals surface area contributed by atoms with Gasteiger partial charge in [0.25, 0.3) is 0 Å². The van der Waals surface area contributed by atoms with Gasteiger partial charge >= 0.3 is 0 Å². The van der Waals surface area contributed by atoms with Crippen molar-refractivity contribution in [3.8, 4) is 28.1 Å². The molecule has 0 amide bonds. The zero-order valence-electron chi connectivity index (χ0n) is 17.3. The molecule has 1 aliphatic carbocycles. The maximum Gasteiger partial charge on any atom is 0.194 e. The van der Waals surface area contributed by atoms with Gasteiger partial charge in [-0.05, 0) is 46.7 Å². The molecule has 5 aromatic rings. The molecular formula is C28H19NO2. The summed E-state index contributed by atoms with van der Waals surface area (Å²) in [4.78, 5) is 18.4. The number of hydrogen-bond acceptors (Lipinski definition) is 3. The van der Waals surface area contributed by atoms with E-state index in [2.05, 4.69) is 30.3 Å². The van der Waals surface area contributed by atoms with Gasteiger partial charge in [-0.1, -0.05) is 60.7 Å². The Morgan fingerprint density at radius 1 is 0.710 bits per heavy atom. The van der Waals surface area contributed by atoms with E-state index >= 15 is 0 Å². The van der Waals surface area contributed by atoms with Crippen LogP contribution in [0.5, 0.6) is 5.75 Å². The summed E-state index contributed by atoms with van der Waals surface area (Å²) in [6.07, 6.45) is 0. The smallest absolute Gasteiger partial charge is 0.194 e. The van der Waals surface area contributed by atoms with E-state index in [1.165, 1.54) is 0 Å². The number of carbonyl (C=O) groups is 1. The Kier molecular flexibility index (Phi) is 3.75.